The third kappa shape index (κ3) is 3.17. The van der Waals surface area contributed by atoms with Crippen LogP contribution in [0.3, 0.4) is 0 Å². The van der Waals surface area contributed by atoms with E-state index in [2.05, 4.69) is 6.58 Å². The Morgan fingerprint density at radius 3 is 2.45 bits per heavy atom. The molecule has 0 heterocycles. The monoisotopic (exact) mass is 284 g/mol. The van der Waals surface area contributed by atoms with Crippen LogP contribution in [-0.4, -0.2) is 28.3 Å². The summed E-state index contributed by atoms with van der Waals surface area (Å²) in [5.41, 5.74) is -1.24. The molecule has 1 aromatic rings. The van der Waals surface area contributed by atoms with Gasteiger partial charge in [0.15, 0.2) is 11.6 Å². The van der Waals surface area contributed by atoms with Gasteiger partial charge in [-0.3, -0.25) is 14.9 Å². The van der Waals surface area contributed by atoms with Gasteiger partial charge in [-0.05, 0) is 19.9 Å². The predicted molar refractivity (Wildman–Crippen MR) is 69.4 cm³/mol. The maximum atomic E-state index is 13.2. The molecule has 1 aromatic carbocycles. The Bertz CT molecular complexity index is 559. The first kappa shape index (κ1) is 15.7. The summed E-state index contributed by atoms with van der Waals surface area (Å²) < 4.78 is 26.3. The highest BCUT2D eigenvalue weighted by molar-refractivity contribution is 5.98. The van der Waals surface area contributed by atoms with Crippen LogP contribution in [0.2, 0.25) is 0 Å². The molecule has 0 spiro atoms. The molecule has 1 amide bonds. The summed E-state index contributed by atoms with van der Waals surface area (Å²) in [4.78, 5) is 23.5. The van der Waals surface area contributed by atoms with Crippen LogP contribution in [0.15, 0.2) is 24.8 Å². The van der Waals surface area contributed by atoms with Crippen LogP contribution >= 0.6 is 0 Å². The van der Waals surface area contributed by atoms with Crippen molar-refractivity contribution in [2.75, 3.05) is 6.54 Å². The standard InChI is InChI=1S/C13H14F2N2O3/c1-4-5-16(8(2)3)13(18)9-6-10(14)11(15)7-12(9)17(19)20/h4,6-8H,1,5H2,2-3H3. The first-order valence-electron chi connectivity index (χ1n) is 5.84. The number of carbonyl (C=O) groups is 1. The van der Waals surface area contributed by atoms with Crippen molar-refractivity contribution in [3.8, 4) is 0 Å². The third-order valence-electron chi connectivity index (χ3n) is 2.68. The van der Waals surface area contributed by atoms with Gasteiger partial charge in [-0.25, -0.2) is 8.78 Å². The molecule has 108 valence electrons. The van der Waals surface area contributed by atoms with Gasteiger partial charge < -0.3 is 4.90 Å². The number of benzene rings is 1. The molecule has 0 fully saturated rings. The maximum Gasteiger partial charge on any atom is 0.285 e. The number of halogens is 2. The highest BCUT2D eigenvalue weighted by Crippen LogP contribution is 2.24. The Labute approximate surface area is 114 Å². The van der Waals surface area contributed by atoms with Crippen molar-refractivity contribution < 1.29 is 18.5 Å². The molecule has 1 rings (SSSR count). The number of nitro groups is 1. The molecule has 0 atom stereocenters. The van der Waals surface area contributed by atoms with Crippen molar-refractivity contribution in [3.63, 3.8) is 0 Å². The van der Waals surface area contributed by atoms with Crippen LogP contribution < -0.4 is 0 Å². The second-order valence-corrected chi connectivity index (χ2v) is 4.38. The van der Waals surface area contributed by atoms with E-state index in [9.17, 15) is 23.7 Å². The summed E-state index contributed by atoms with van der Waals surface area (Å²) in [6.45, 7) is 7.03. The van der Waals surface area contributed by atoms with Crippen molar-refractivity contribution in [1.82, 2.24) is 4.90 Å². The molecular formula is C13H14F2N2O3. The molecule has 0 saturated carbocycles. The summed E-state index contributed by atoms with van der Waals surface area (Å²) in [6.07, 6.45) is 1.45. The zero-order valence-corrected chi connectivity index (χ0v) is 11.1. The molecule has 0 bridgehead atoms. The fraction of sp³-hybridized carbons (Fsp3) is 0.308. The minimum Gasteiger partial charge on any atom is -0.332 e. The molecule has 0 aliphatic carbocycles. The van der Waals surface area contributed by atoms with Gasteiger partial charge in [-0.15, -0.1) is 6.58 Å². The van der Waals surface area contributed by atoms with Crippen molar-refractivity contribution in [3.05, 3.63) is 52.1 Å². The lowest BCUT2D eigenvalue weighted by Crippen LogP contribution is -2.37. The summed E-state index contributed by atoms with van der Waals surface area (Å²) in [5, 5.41) is 10.9. The summed E-state index contributed by atoms with van der Waals surface area (Å²) in [7, 11) is 0. The van der Waals surface area contributed by atoms with E-state index in [1.807, 2.05) is 0 Å². The van der Waals surface area contributed by atoms with Crippen LogP contribution in [0.25, 0.3) is 0 Å². The van der Waals surface area contributed by atoms with Crippen LogP contribution in [0.5, 0.6) is 0 Å². The molecule has 5 nitrogen and oxygen atoms in total. The van der Waals surface area contributed by atoms with E-state index >= 15 is 0 Å². The van der Waals surface area contributed by atoms with Crippen molar-refractivity contribution in [2.45, 2.75) is 19.9 Å². The first-order chi connectivity index (χ1) is 9.29. The van der Waals surface area contributed by atoms with Crippen molar-refractivity contribution >= 4 is 11.6 Å². The largest absolute Gasteiger partial charge is 0.332 e. The number of hydrogen-bond donors (Lipinski definition) is 0. The van der Waals surface area contributed by atoms with Gasteiger partial charge in [0.05, 0.1) is 11.0 Å². The van der Waals surface area contributed by atoms with Crippen molar-refractivity contribution in [2.24, 2.45) is 0 Å². The molecule has 0 saturated heterocycles. The Hall–Kier alpha value is -2.31. The zero-order chi connectivity index (χ0) is 15.4. The average molecular weight is 284 g/mol. The van der Waals surface area contributed by atoms with E-state index in [1.165, 1.54) is 11.0 Å². The van der Waals surface area contributed by atoms with E-state index in [0.717, 1.165) is 0 Å². The fourth-order valence-corrected chi connectivity index (χ4v) is 1.68. The van der Waals surface area contributed by atoms with Gasteiger partial charge in [-0.2, -0.15) is 0 Å². The lowest BCUT2D eigenvalue weighted by molar-refractivity contribution is -0.385. The molecule has 0 unspecified atom stereocenters. The Morgan fingerprint density at radius 1 is 1.45 bits per heavy atom. The van der Waals surface area contributed by atoms with Gasteiger partial charge in [0.2, 0.25) is 0 Å². The quantitative estimate of drug-likeness (QED) is 0.474. The van der Waals surface area contributed by atoms with Crippen LogP contribution in [0, 0.1) is 21.7 Å². The molecule has 0 aliphatic rings. The van der Waals surface area contributed by atoms with E-state index in [-0.39, 0.29) is 12.6 Å². The number of nitro benzene ring substituents is 1. The first-order valence-corrected chi connectivity index (χ1v) is 5.84. The topological polar surface area (TPSA) is 63.5 Å². The smallest absolute Gasteiger partial charge is 0.285 e. The number of carbonyl (C=O) groups excluding carboxylic acids is 1. The molecule has 7 heteroatoms. The molecule has 0 N–H and O–H groups in total. The molecule has 0 aromatic heterocycles. The van der Waals surface area contributed by atoms with E-state index in [4.69, 9.17) is 0 Å². The average Bonchev–Trinajstić information content (AvgIpc) is 2.37. The molecule has 0 aliphatic heterocycles. The third-order valence-corrected chi connectivity index (χ3v) is 2.68. The summed E-state index contributed by atoms with van der Waals surface area (Å²) in [6, 6.07) is 0.691. The zero-order valence-electron chi connectivity index (χ0n) is 11.1. The van der Waals surface area contributed by atoms with Gasteiger partial charge in [0, 0.05) is 12.6 Å². The predicted octanol–water partition coefficient (Wildman–Crippen LogP) is 2.91. The molecule has 0 radical (unpaired) electrons. The van der Waals surface area contributed by atoms with E-state index in [0.29, 0.717) is 12.1 Å². The van der Waals surface area contributed by atoms with Gasteiger partial charge in [-0.1, -0.05) is 6.08 Å². The van der Waals surface area contributed by atoms with Crippen molar-refractivity contribution in [1.29, 1.82) is 0 Å². The highest BCUT2D eigenvalue weighted by Gasteiger charge is 2.28. The highest BCUT2D eigenvalue weighted by atomic mass is 19.2. The minimum atomic E-state index is -1.37. The lowest BCUT2D eigenvalue weighted by Gasteiger charge is -2.25. The second kappa shape index (κ2) is 6.23. The number of nitrogens with zero attached hydrogens (tertiary/aromatic N) is 2. The second-order valence-electron chi connectivity index (χ2n) is 4.38. The maximum absolute atomic E-state index is 13.2. The van der Waals surface area contributed by atoms with Crippen LogP contribution in [0.4, 0.5) is 14.5 Å². The fourth-order valence-electron chi connectivity index (χ4n) is 1.68. The van der Waals surface area contributed by atoms with Crippen LogP contribution in [-0.2, 0) is 0 Å². The van der Waals surface area contributed by atoms with Crippen LogP contribution in [0.1, 0.15) is 24.2 Å². The Morgan fingerprint density at radius 2 is 2.00 bits per heavy atom. The number of rotatable bonds is 5. The minimum absolute atomic E-state index is 0.145. The Kier molecular flexibility index (Phi) is 4.90. The molecule has 20 heavy (non-hydrogen) atoms. The van der Waals surface area contributed by atoms with Gasteiger partial charge in [0.25, 0.3) is 11.6 Å². The SMILES string of the molecule is C=CCN(C(=O)c1cc(F)c(F)cc1[N+](=O)[O-])C(C)C. The number of hydrogen-bond acceptors (Lipinski definition) is 3. The summed E-state index contributed by atoms with van der Waals surface area (Å²) in [5.74, 6) is -3.42. The molecular weight excluding hydrogens is 270 g/mol. The Balaban J connectivity index is 3.36. The number of amides is 1. The van der Waals surface area contributed by atoms with Gasteiger partial charge >= 0.3 is 0 Å². The van der Waals surface area contributed by atoms with E-state index in [1.54, 1.807) is 13.8 Å². The normalized spacial score (nSPS) is 10.4. The summed E-state index contributed by atoms with van der Waals surface area (Å²) >= 11 is 0. The van der Waals surface area contributed by atoms with Gasteiger partial charge in [0.1, 0.15) is 5.56 Å². The lowest BCUT2D eigenvalue weighted by atomic mass is 10.1. The van der Waals surface area contributed by atoms with E-state index < -0.39 is 33.7 Å².